The summed E-state index contributed by atoms with van der Waals surface area (Å²) in [6, 6.07) is 4.65. The Hall–Kier alpha value is -1.44. The van der Waals surface area contributed by atoms with Crippen LogP contribution in [0, 0.1) is 0 Å². The van der Waals surface area contributed by atoms with Crippen LogP contribution in [-0.2, 0) is 6.42 Å². The average molecular weight is 301 g/mol. The van der Waals surface area contributed by atoms with Crippen molar-refractivity contribution in [3.63, 3.8) is 0 Å². The van der Waals surface area contributed by atoms with Crippen LogP contribution in [0.3, 0.4) is 0 Å². The Morgan fingerprint density at radius 1 is 1.10 bits per heavy atom. The summed E-state index contributed by atoms with van der Waals surface area (Å²) in [5, 5.41) is 0. The van der Waals surface area contributed by atoms with E-state index in [1.807, 2.05) is 0 Å². The van der Waals surface area contributed by atoms with E-state index in [-0.39, 0.29) is 6.04 Å². The van der Waals surface area contributed by atoms with Crippen LogP contribution in [0.4, 0.5) is 26.3 Å². The van der Waals surface area contributed by atoms with Crippen LogP contribution in [0.1, 0.15) is 12.5 Å². The Morgan fingerprint density at radius 3 is 2.00 bits per heavy atom. The monoisotopic (exact) mass is 301 g/mol. The first-order chi connectivity index (χ1) is 9.02. The topological polar surface area (TPSA) is 35.2 Å². The summed E-state index contributed by atoms with van der Waals surface area (Å²) in [6.45, 7) is 1.73. The summed E-state index contributed by atoms with van der Waals surface area (Å²) in [6.07, 6.45) is -14.6. The van der Waals surface area contributed by atoms with Gasteiger partial charge in [0, 0.05) is 6.04 Å². The summed E-state index contributed by atoms with van der Waals surface area (Å²) in [7, 11) is 0. The van der Waals surface area contributed by atoms with E-state index >= 15 is 0 Å². The van der Waals surface area contributed by atoms with Crippen molar-refractivity contribution in [2.45, 2.75) is 37.8 Å². The van der Waals surface area contributed by atoms with Gasteiger partial charge in [-0.2, -0.15) is 22.0 Å². The number of ether oxygens (including phenoxy) is 1. The average Bonchev–Trinajstić information content (AvgIpc) is 2.28. The number of hydrogen-bond acceptors (Lipinski definition) is 2. The molecule has 0 fully saturated rings. The number of rotatable bonds is 5. The molecule has 8 heteroatoms. The van der Waals surface area contributed by atoms with Crippen molar-refractivity contribution in [3.05, 3.63) is 29.8 Å². The molecule has 0 bridgehead atoms. The van der Waals surface area contributed by atoms with E-state index in [0.29, 0.717) is 12.0 Å². The highest BCUT2D eigenvalue weighted by atomic mass is 19.4. The minimum Gasteiger partial charge on any atom is -0.430 e. The van der Waals surface area contributed by atoms with Gasteiger partial charge in [0.25, 0.3) is 6.17 Å². The van der Waals surface area contributed by atoms with Gasteiger partial charge >= 0.3 is 12.3 Å². The molecule has 0 heterocycles. The Morgan fingerprint density at radius 2 is 1.60 bits per heavy atom. The number of alkyl halides is 6. The van der Waals surface area contributed by atoms with Gasteiger partial charge in [-0.3, -0.25) is 0 Å². The van der Waals surface area contributed by atoms with Gasteiger partial charge in [-0.05, 0) is 31.0 Å². The molecule has 1 aromatic carbocycles. The van der Waals surface area contributed by atoms with Crippen molar-refractivity contribution < 1.29 is 31.1 Å². The van der Waals surface area contributed by atoms with Crippen molar-refractivity contribution in [1.82, 2.24) is 0 Å². The lowest BCUT2D eigenvalue weighted by Gasteiger charge is -2.23. The Balaban J connectivity index is 2.77. The molecule has 0 aliphatic carbocycles. The highest BCUT2D eigenvalue weighted by Crippen LogP contribution is 2.36. The number of nitrogens with two attached hydrogens (primary N) is 1. The van der Waals surface area contributed by atoms with Crippen LogP contribution < -0.4 is 10.5 Å². The lowest BCUT2D eigenvalue weighted by Crippen LogP contribution is -2.45. The Kier molecular flexibility index (Phi) is 4.90. The zero-order chi connectivity index (χ0) is 15.6. The second kappa shape index (κ2) is 5.90. The molecule has 1 aromatic rings. The molecule has 0 spiro atoms. The lowest BCUT2D eigenvalue weighted by atomic mass is 10.1. The van der Waals surface area contributed by atoms with Crippen LogP contribution in [-0.4, -0.2) is 24.5 Å². The van der Waals surface area contributed by atoms with Crippen LogP contribution in [0.5, 0.6) is 5.75 Å². The standard InChI is InChI=1S/C12H13F6NO/c1-7(19)6-8-2-4-9(5-3-8)20-12(17,18)10(13)11(14,15)16/h2-5,7,10H,6,19H2,1H3. The summed E-state index contributed by atoms with van der Waals surface area (Å²) in [5.41, 5.74) is 6.22. The molecule has 2 atom stereocenters. The first-order valence-electron chi connectivity index (χ1n) is 5.64. The molecule has 2 nitrogen and oxygen atoms in total. The van der Waals surface area contributed by atoms with Gasteiger partial charge in [0.2, 0.25) is 0 Å². The molecule has 0 saturated carbocycles. The van der Waals surface area contributed by atoms with Crippen LogP contribution in [0.25, 0.3) is 0 Å². The quantitative estimate of drug-likeness (QED) is 0.845. The van der Waals surface area contributed by atoms with Crippen molar-refractivity contribution in [2.75, 3.05) is 0 Å². The number of halogens is 6. The SMILES string of the molecule is CC(N)Cc1ccc(OC(F)(F)C(F)C(F)(F)F)cc1. The van der Waals surface area contributed by atoms with E-state index < -0.39 is 24.2 Å². The van der Waals surface area contributed by atoms with E-state index in [9.17, 15) is 26.3 Å². The highest BCUT2D eigenvalue weighted by molar-refractivity contribution is 5.28. The molecule has 0 amide bonds. The molecule has 2 unspecified atom stereocenters. The zero-order valence-corrected chi connectivity index (χ0v) is 10.4. The third kappa shape index (κ3) is 4.59. The number of hydrogen-bond donors (Lipinski definition) is 1. The minimum absolute atomic E-state index is 0.163. The molecular formula is C12H13F6NO. The smallest absolute Gasteiger partial charge is 0.430 e. The van der Waals surface area contributed by atoms with Gasteiger partial charge in [0.15, 0.2) is 0 Å². The van der Waals surface area contributed by atoms with Crippen molar-refractivity contribution in [1.29, 1.82) is 0 Å². The maximum atomic E-state index is 13.0. The highest BCUT2D eigenvalue weighted by Gasteiger charge is 2.59. The van der Waals surface area contributed by atoms with Gasteiger partial charge < -0.3 is 10.5 Å². The second-order valence-corrected chi connectivity index (χ2v) is 4.39. The maximum Gasteiger partial charge on any atom is 0.439 e. The summed E-state index contributed by atoms with van der Waals surface area (Å²) < 4.78 is 78.1. The third-order valence-corrected chi connectivity index (χ3v) is 2.32. The molecule has 2 N–H and O–H groups in total. The van der Waals surface area contributed by atoms with E-state index in [2.05, 4.69) is 4.74 Å². The fourth-order valence-electron chi connectivity index (χ4n) is 1.46. The largest absolute Gasteiger partial charge is 0.439 e. The fraction of sp³-hybridized carbons (Fsp3) is 0.500. The van der Waals surface area contributed by atoms with Crippen molar-refractivity contribution >= 4 is 0 Å². The van der Waals surface area contributed by atoms with Crippen molar-refractivity contribution in [2.24, 2.45) is 5.73 Å². The molecule has 0 aliphatic rings. The Bertz CT molecular complexity index is 429. The molecule has 1 rings (SSSR count). The van der Waals surface area contributed by atoms with Gasteiger partial charge in [0.1, 0.15) is 5.75 Å². The van der Waals surface area contributed by atoms with Gasteiger partial charge in [-0.25, -0.2) is 4.39 Å². The molecule has 20 heavy (non-hydrogen) atoms. The van der Waals surface area contributed by atoms with Crippen molar-refractivity contribution in [3.8, 4) is 5.75 Å². The number of benzene rings is 1. The van der Waals surface area contributed by atoms with Gasteiger partial charge in [-0.15, -0.1) is 0 Å². The van der Waals surface area contributed by atoms with E-state index in [1.54, 1.807) is 6.92 Å². The van der Waals surface area contributed by atoms with Gasteiger partial charge in [-0.1, -0.05) is 12.1 Å². The predicted molar refractivity (Wildman–Crippen MR) is 60.3 cm³/mol. The summed E-state index contributed by atoms with van der Waals surface area (Å²) >= 11 is 0. The van der Waals surface area contributed by atoms with E-state index in [1.165, 1.54) is 12.1 Å². The third-order valence-electron chi connectivity index (χ3n) is 2.32. The Labute approximate surface area is 111 Å². The fourth-order valence-corrected chi connectivity index (χ4v) is 1.46. The van der Waals surface area contributed by atoms with E-state index in [4.69, 9.17) is 5.73 Å². The van der Waals surface area contributed by atoms with Crippen LogP contribution >= 0.6 is 0 Å². The summed E-state index contributed by atoms with van der Waals surface area (Å²) in [4.78, 5) is 0. The second-order valence-electron chi connectivity index (χ2n) is 4.39. The first-order valence-corrected chi connectivity index (χ1v) is 5.64. The minimum atomic E-state index is -5.70. The zero-order valence-electron chi connectivity index (χ0n) is 10.4. The molecule has 114 valence electrons. The van der Waals surface area contributed by atoms with Crippen LogP contribution in [0.2, 0.25) is 0 Å². The first kappa shape index (κ1) is 16.6. The molecular weight excluding hydrogens is 288 g/mol. The molecule has 0 aliphatic heterocycles. The molecule has 0 radical (unpaired) electrons. The normalized spacial score (nSPS) is 15.8. The predicted octanol–water partition coefficient (Wildman–Crippen LogP) is 3.45. The van der Waals surface area contributed by atoms with Crippen LogP contribution in [0.15, 0.2) is 24.3 Å². The lowest BCUT2D eigenvalue weighted by molar-refractivity contribution is -0.304. The van der Waals surface area contributed by atoms with E-state index in [0.717, 1.165) is 12.1 Å². The van der Waals surface area contributed by atoms with Gasteiger partial charge in [0.05, 0.1) is 0 Å². The maximum absolute atomic E-state index is 13.0. The molecule has 0 saturated heterocycles. The molecule has 0 aromatic heterocycles. The summed E-state index contributed by atoms with van der Waals surface area (Å²) in [5.74, 6) is -0.560.